The number of rotatable bonds is 3. The summed E-state index contributed by atoms with van der Waals surface area (Å²) in [6, 6.07) is 7.89. The van der Waals surface area contributed by atoms with E-state index in [9.17, 15) is 4.79 Å². The minimum absolute atomic E-state index is 0.0824. The Hall–Kier alpha value is -2.41. The lowest BCUT2D eigenvalue weighted by Gasteiger charge is -2.45. The largest absolute Gasteiger partial charge is 0.369 e. The molecule has 2 N–H and O–H groups in total. The molecule has 0 aliphatic carbocycles. The average Bonchev–Trinajstić information content (AvgIpc) is 3.07. The Morgan fingerprint density at radius 1 is 1.29 bits per heavy atom. The van der Waals surface area contributed by atoms with Gasteiger partial charge in [0.15, 0.2) is 5.82 Å². The summed E-state index contributed by atoms with van der Waals surface area (Å²) in [5.74, 6) is 1.22. The van der Waals surface area contributed by atoms with E-state index in [1.807, 2.05) is 31.2 Å². The highest BCUT2D eigenvalue weighted by molar-refractivity contribution is 6.07. The number of hydrogen-bond donors (Lipinski definition) is 2. The molecule has 2 aliphatic heterocycles. The van der Waals surface area contributed by atoms with Crippen molar-refractivity contribution in [2.24, 2.45) is 0 Å². The highest BCUT2D eigenvalue weighted by Gasteiger charge is 2.46. The number of carbonyl (C=O) groups is 1. The molecule has 0 saturated carbocycles. The molecule has 4 rings (SSSR count). The second-order valence-corrected chi connectivity index (χ2v) is 6.32. The molecular formula is C17H21N5O2. The van der Waals surface area contributed by atoms with E-state index >= 15 is 0 Å². The lowest BCUT2D eigenvalue weighted by atomic mass is 9.84. The van der Waals surface area contributed by atoms with Gasteiger partial charge < -0.3 is 15.2 Å². The zero-order valence-corrected chi connectivity index (χ0v) is 13.7. The van der Waals surface area contributed by atoms with E-state index in [-0.39, 0.29) is 5.91 Å². The summed E-state index contributed by atoms with van der Waals surface area (Å²) in [4.78, 5) is 19.4. The van der Waals surface area contributed by atoms with Crippen molar-refractivity contribution >= 4 is 17.3 Å². The normalized spacial score (nSPS) is 19.2. The number of piperidine rings is 1. The highest BCUT2D eigenvalue weighted by atomic mass is 16.5. The smallest absolute Gasteiger partial charge is 0.253 e. The van der Waals surface area contributed by atoms with Crippen molar-refractivity contribution in [3.8, 4) is 0 Å². The first-order chi connectivity index (χ1) is 11.7. The monoisotopic (exact) mass is 327 g/mol. The van der Waals surface area contributed by atoms with Gasteiger partial charge in [0.2, 0.25) is 5.89 Å². The number of aryl methyl sites for hydroxylation is 1. The minimum Gasteiger partial charge on any atom is -0.369 e. The molecule has 1 spiro atoms. The fourth-order valence-electron chi connectivity index (χ4n) is 3.48. The van der Waals surface area contributed by atoms with Gasteiger partial charge in [0.25, 0.3) is 5.91 Å². The van der Waals surface area contributed by atoms with E-state index in [2.05, 4.69) is 20.8 Å². The standard InChI is InChI=1S/C17H21N5O2/c1-2-14-19-15(24-21-14)11-22-13-6-4-3-5-12(13)20-17(16(22)23)7-9-18-10-8-17/h3-6,18,20H,2,7-11H2,1H3. The summed E-state index contributed by atoms with van der Waals surface area (Å²) in [5, 5.41) is 10.8. The molecule has 1 saturated heterocycles. The molecule has 7 heteroatoms. The number of nitrogens with zero attached hydrogens (tertiary/aromatic N) is 3. The van der Waals surface area contributed by atoms with Gasteiger partial charge in [-0.15, -0.1) is 0 Å². The fourth-order valence-corrected chi connectivity index (χ4v) is 3.48. The van der Waals surface area contributed by atoms with E-state index < -0.39 is 5.54 Å². The maximum Gasteiger partial charge on any atom is 0.253 e. The molecule has 1 fully saturated rings. The lowest BCUT2D eigenvalue weighted by Crippen LogP contribution is -2.61. The molecule has 1 amide bonds. The molecule has 1 aromatic carbocycles. The highest BCUT2D eigenvalue weighted by Crippen LogP contribution is 2.39. The second kappa shape index (κ2) is 5.90. The van der Waals surface area contributed by atoms with Crippen LogP contribution in [0.15, 0.2) is 28.8 Å². The lowest BCUT2D eigenvalue weighted by molar-refractivity contribution is -0.124. The molecule has 0 unspecified atom stereocenters. The molecule has 126 valence electrons. The summed E-state index contributed by atoms with van der Waals surface area (Å²) in [6.45, 7) is 3.94. The van der Waals surface area contributed by atoms with Crippen molar-refractivity contribution in [3.05, 3.63) is 36.0 Å². The summed E-state index contributed by atoms with van der Waals surface area (Å²) in [7, 11) is 0. The second-order valence-electron chi connectivity index (χ2n) is 6.32. The van der Waals surface area contributed by atoms with Crippen molar-refractivity contribution in [2.75, 3.05) is 23.3 Å². The Kier molecular flexibility index (Phi) is 3.72. The van der Waals surface area contributed by atoms with Crippen LogP contribution in [0.2, 0.25) is 0 Å². The van der Waals surface area contributed by atoms with Crippen LogP contribution in [0, 0.1) is 0 Å². The molecule has 2 aliphatic rings. The Morgan fingerprint density at radius 2 is 2.08 bits per heavy atom. The van der Waals surface area contributed by atoms with Crippen molar-refractivity contribution < 1.29 is 9.32 Å². The molecule has 2 aromatic rings. The molecule has 3 heterocycles. The van der Waals surface area contributed by atoms with E-state index in [4.69, 9.17) is 4.52 Å². The number of benzene rings is 1. The predicted octanol–water partition coefficient (Wildman–Crippen LogP) is 1.71. The van der Waals surface area contributed by atoms with Crippen LogP contribution in [0.4, 0.5) is 11.4 Å². The first kappa shape index (κ1) is 15.1. The Labute approximate surface area is 140 Å². The molecule has 1 aromatic heterocycles. The number of nitrogens with one attached hydrogen (secondary N) is 2. The van der Waals surface area contributed by atoms with Crippen LogP contribution in [0.3, 0.4) is 0 Å². The van der Waals surface area contributed by atoms with E-state index in [0.29, 0.717) is 24.7 Å². The van der Waals surface area contributed by atoms with Crippen LogP contribution in [0.25, 0.3) is 0 Å². The zero-order valence-electron chi connectivity index (χ0n) is 13.7. The summed E-state index contributed by atoms with van der Waals surface area (Å²) in [6.07, 6.45) is 2.24. The Bertz CT molecular complexity index is 751. The molecule has 0 radical (unpaired) electrons. The van der Waals surface area contributed by atoms with Gasteiger partial charge in [-0.1, -0.05) is 24.2 Å². The third-order valence-electron chi connectivity index (χ3n) is 4.80. The number of carbonyl (C=O) groups excluding carboxylic acids is 1. The quantitative estimate of drug-likeness (QED) is 0.893. The van der Waals surface area contributed by atoms with Gasteiger partial charge >= 0.3 is 0 Å². The Morgan fingerprint density at radius 3 is 2.83 bits per heavy atom. The zero-order chi connectivity index (χ0) is 16.6. The summed E-state index contributed by atoms with van der Waals surface area (Å²) < 4.78 is 5.31. The van der Waals surface area contributed by atoms with E-state index in [1.165, 1.54) is 0 Å². The third-order valence-corrected chi connectivity index (χ3v) is 4.80. The number of fused-ring (bicyclic) bond motifs is 1. The number of para-hydroxylation sites is 2. The predicted molar refractivity (Wildman–Crippen MR) is 89.8 cm³/mol. The first-order valence-corrected chi connectivity index (χ1v) is 8.43. The van der Waals surface area contributed by atoms with Gasteiger partial charge in [-0.2, -0.15) is 4.98 Å². The number of aromatic nitrogens is 2. The minimum atomic E-state index is -0.548. The maximum atomic E-state index is 13.3. The molecule has 24 heavy (non-hydrogen) atoms. The van der Waals surface area contributed by atoms with Crippen LogP contribution >= 0.6 is 0 Å². The molecular weight excluding hydrogens is 306 g/mol. The van der Waals surface area contributed by atoms with Crippen molar-refractivity contribution in [1.82, 2.24) is 15.5 Å². The van der Waals surface area contributed by atoms with Crippen LogP contribution in [0.5, 0.6) is 0 Å². The number of anilines is 2. The van der Waals surface area contributed by atoms with Crippen LogP contribution in [-0.2, 0) is 17.8 Å². The summed E-state index contributed by atoms with van der Waals surface area (Å²) >= 11 is 0. The fraction of sp³-hybridized carbons (Fsp3) is 0.471. The SMILES string of the molecule is CCc1noc(CN2C(=O)C3(CCNCC3)Nc3ccccc32)n1. The van der Waals surface area contributed by atoms with Crippen LogP contribution in [-0.4, -0.2) is 34.7 Å². The molecule has 0 atom stereocenters. The first-order valence-electron chi connectivity index (χ1n) is 8.43. The van der Waals surface area contributed by atoms with Gasteiger partial charge in [-0.25, -0.2) is 0 Å². The van der Waals surface area contributed by atoms with Crippen molar-refractivity contribution in [3.63, 3.8) is 0 Å². The van der Waals surface area contributed by atoms with Crippen LogP contribution in [0.1, 0.15) is 31.5 Å². The topological polar surface area (TPSA) is 83.3 Å². The van der Waals surface area contributed by atoms with Gasteiger partial charge in [0, 0.05) is 6.42 Å². The van der Waals surface area contributed by atoms with Crippen molar-refractivity contribution in [2.45, 2.75) is 38.3 Å². The number of amides is 1. The maximum absolute atomic E-state index is 13.3. The van der Waals surface area contributed by atoms with Gasteiger partial charge in [0.1, 0.15) is 12.1 Å². The van der Waals surface area contributed by atoms with Gasteiger partial charge in [0.05, 0.1) is 11.4 Å². The molecule has 7 nitrogen and oxygen atoms in total. The van der Waals surface area contributed by atoms with Crippen molar-refractivity contribution in [1.29, 1.82) is 0 Å². The average molecular weight is 327 g/mol. The van der Waals surface area contributed by atoms with Gasteiger partial charge in [-0.3, -0.25) is 9.69 Å². The third kappa shape index (κ3) is 2.45. The van der Waals surface area contributed by atoms with E-state index in [0.717, 1.165) is 37.3 Å². The Balaban J connectivity index is 1.71. The van der Waals surface area contributed by atoms with E-state index in [1.54, 1.807) is 4.90 Å². The molecule has 0 bridgehead atoms. The number of hydrogen-bond acceptors (Lipinski definition) is 6. The summed E-state index contributed by atoms with van der Waals surface area (Å²) in [5.41, 5.74) is 1.30. The van der Waals surface area contributed by atoms with Crippen LogP contribution < -0.4 is 15.5 Å². The van der Waals surface area contributed by atoms with Gasteiger partial charge in [-0.05, 0) is 38.1 Å².